The lowest BCUT2D eigenvalue weighted by atomic mass is 9.67. The van der Waals surface area contributed by atoms with Gasteiger partial charge in [0.1, 0.15) is 0 Å². The molecule has 154 valence electrons. The summed E-state index contributed by atoms with van der Waals surface area (Å²) in [6.07, 6.45) is 0. The fraction of sp³-hybridized carbons (Fsp3) is 0.200. The Bertz CT molecular complexity index is 1120. The van der Waals surface area contributed by atoms with E-state index in [2.05, 4.69) is 122 Å². The number of hydrogen-bond donors (Lipinski definition) is 0. The monoisotopic (exact) mass is 403 g/mol. The summed E-state index contributed by atoms with van der Waals surface area (Å²) < 4.78 is 0. The van der Waals surface area contributed by atoms with Crippen molar-refractivity contribution in [3.8, 4) is 11.1 Å². The summed E-state index contributed by atoms with van der Waals surface area (Å²) in [5, 5.41) is 0. The minimum Gasteiger partial charge on any atom is -0.300 e. The van der Waals surface area contributed by atoms with Crippen LogP contribution in [0.15, 0.2) is 103 Å². The van der Waals surface area contributed by atoms with E-state index < -0.39 is 0 Å². The molecule has 0 saturated heterocycles. The largest absolute Gasteiger partial charge is 0.300 e. The molecule has 1 aliphatic carbocycles. The molecular weight excluding hydrogens is 374 g/mol. The molecule has 1 heteroatoms. The van der Waals surface area contributed by atoms with Crippen molar-refractivity contribution in [3.05, 3.63) is 131 Å². The quantitative estimate of drug-likeness (QED) is 0.298. The fourth-order valence-electron chi connectivity index (χ4n) is 5.28. The second-order valence-corrected chi connectivity index (χ2v) is 8.37. The summed E-state index contributed by atoms with van der Waals surface area (Å²) in [5.74, 6) is 0. The molecule has 0 N–H and O–H groups in total. The van der Waals surface area contributed by atoms with E-state index in [9.17, 15) is 0 Å². The molecule has 0 aromatic heterocycles. The Balaban J connectivity index is 1.74. The Morgan fingerprint density at radius 2 is 1.03 bits per heavy atom. The molecule has 1 nitrogen and oxygen atoms in total. The SMILES string of the molecule is CCN(CC)Cc1ccc(C2(c3ccccc3)c3ccccc3-c3ccccc32)cc1. The zero-order chi connectivity index (χ0) is 21.3. The molecule has 0 fully saturated rings. The molecule has 0 saturated carbocycles. The minimum absolute atomic E-state index is 0.290. The summed E-state index contributed by atoms with van der Waals surface area (Å²) in [7, 11) is 0. The van der Waals surface area contributed by atoms with Crippen LogP contribution in [0.2, 0.25) is 0 Å². The molecule has 0 radical (unpaired) electrons. The van der Waals surface area contributed by atoms with Crippen molar-refractivity contribution >= 4 is 0 Å². The second kappa shape index (κ2) is 8.17. The molecule has 0 amide bonds. The number of hydrogen-bond acceptors (Lipinski definition) is 1. The van der Waals surface area contributed by atoms with E-state index in [1.54, 1.807) is 0 Å². The molecule has 0 atom stereocenters. The van der Waals surface area contributed by atoms with Gasteiger partial charge in [-0.25, -0.2) is 0 Å². The lowest BCUT2D eigenvalue weighted by molar-refractivity contribution is 0.296. The van der Waals surface area contributed by atoms with Gasteiger partial charge in [0.2, 0.25) is 0 Å². The Morgan fingerprint density at radius 1 is 0.548 bits per heavy atom. The van der Waals surface area contributed by atoms with Gasteiger partial charge in [-0.3, -0.25) is 4.90 Å². The van der Waals surface area contributed by atoms with Gasteiger partial charge in [0.25, 0.3) is 0 Å². The Morgan fingerprint density at radius 3 is 1.58 bits per heavy atom. The standard InChI is InChI=1S/C30H29N/c1-3-31(4-2)22-23-18-20-25(21-19-23)30(24-12-6-5-7-13-24)28-16-10-8-14-26(28)27-15-9-11-17-29(27)30/h5-21H,3-4,22H2,1-2H3. The maximum atomic E-state index is 2.46. The molecule has 0 bridgehead atoms. The average molecular weight is 404 g/mol. The molecule has 5 rings (SSSR count). The first-order valence-electron chi connectivity index (χ1n) is 11.4. The lowest BCUT2D eigenvalue weighted by Crippen LogP contribution is -2.28. The molecule has 0 spiro atoms. The Labute approximate surface area is 186 Å². The normalized spacial score (nSPS) is 13.8. The van der Waals surface area contributed by atoms with Crippen molar-refractivity contribution in [2.45, 2.75) is 25.8 Å². The summed E-state index contributed by atoms with van der Waals surface area (Å²) in [4.78, 5) is 2.46. The topological polar surface area (TPSA) is 3.24 Å². The van der Waals surface area contributed by atoms with Gasteiger partial charge in [0.15, 0.2) is 0 Å². The van der Waals surface area contributed by atoms with E-state index in [-0.39, 0.29) is 5.41 Å². The van der Waals surface area contributed by atoms with E-state index >= 15 is 0 Å². The first kappa shape index (κ1) is 19.8. The highest BCUT2D eigenvalue weighted by Gasteiger charge is 2.45. The van der Waals surface area contributed by atoms with Crippen LogP contribution >= 0.6 is 0 Å². The third kappa shape index (κ3) is 3.12. The number of benzene rings is 4. The molecule has 1 aliphatic rings. The average Bonchev–Trinajstić information content (AvgIpc) is 3.15. The van der Waals surface area contributed by atoms with Crippen molar-refractivity contribution in [1.29, 1.82) is 0 Å². The highest BCUT2D eigenvalue weighted by Crippen LogP contribution is 2.55. The van der Waals surface area contributed by atoms with Crippen molar-refractivity contribution in [2.75, 3.05) is 13.1 Å². The molecular formula is C30H29N. The van der Waals surface area contributed by atoms with Crippen LogP contribution in [0.3, 0.4) is 0 Å². The van der Waals surface area contributed by atoms with Gasteiger partial charge in [0.05, 0.1) is 5.41 Å². The van der Waals surface area contributed by atoms with Crippen molar-refractivity contribution in [2.24, 2.45) is 0 Å². The number of rotatable bonds is 6. The first-order chi connectivity index (χ1) is 15.3. The molecule has 4 aromatic carbocycles. The zero-order valence-corrected chi connectivity index (χ0v) is 18.4. The summed E-state index contributed by atoms with van der Waals surface area (Å²) in [6.45, 7) is 7.61. The predicted molar refractivity (Wildman–Crippen MR) is 130 cm³/mol. The van der Waals surface area contributed by atoms with Crippen LogP contribution < -0.4 is 0 Å². The van der Waals surface area contributed by atoms with Gasteiger partial charge in [-0.2, -0.15) is 0 Å². The third-order valence-corrected chi connectivity index (χ3v) is 6.85. The third-order valence-electron chi connectivity index (χ3n) is 6.85. The molecule has 0 aliphatic heterocycles. The van der Waals surface area contributed by atoms with Crippen LogP contribution in [-0.2, 0) is 12.0 Å². The number of nitrogens with zero attached hydrogens (tertiary/aromatic N) is 1. The van der Waals surface area contributed by atoms with E-state index in [4.69, 9.17) is 0 Å². The van der Waals surface area contributed by atoms with Gasteiger partial charge in [-0.05, 0) is 52.0 Å². The van der Waals surface area contributed by atoms with Crippen LogP contribution in [0.1, 0.15) is 41.7 Å². The van der Waals surface area contributed by atoms with E-state index in [0.29, 0.717) is 0 Å². The predicted octanol–water partition coefficient (Wildman–Crippen LogP) is 6.89. The van der Waals surface area contributed by atoms with E-state index in [1.165, 1.54) is 38.9 Å². The van der Waals surface area contributed by atoms with Crippen LogP contribution in [-0.4, -0.2) is 18.0 Å². The summed E-state index contributed by atoms with van der Waals surface area (Å²) in [6, 6.07) is 38.2. The van der Waals surface area contributed by atoms with Crippen molar-refractivity contribution in [1.82, 2.24) is 4.90 Å². The highest BCUT2D eigenvalue weighted by atomic mass is 15.1. The number of fused-ring (bicyclic) bond motifs is 3. The van der Waals surface area contributed by atoms with Gasteiger partial charge < -0.3 is 0 Å². The highest BCUT2D eigenvalue weighted by molar-refractivity contribution is 5.86. The van der Waals surface area contributed by atoms with Gasteiger partial charge in [0, 0.05) is 6.54 Å². The second-order valence-electron chi connectivity index (χ2n) is 8.37. The maximum absolute atomic E-state index is 2.46. The lowest BCUT2D eigenvalue weighted by Gasteiger charge is -2.34. The fourth-order valence-corrected chi connectivity index (χ4v) is 5.28. The summed E-state index contributed by atoms with van der Waals surface area (Å²) in [5.41, 5.74) is 9.17. The smallest absolute Gasteiger partial charge is 0.0713 e. The summed E-state index contributed by atoms with van der Waals surface area (Å²) >= 11 is 0. The van der Waals surface area contributed by atoms with Gasteiger partial charge in [-0.1, -0.05) is 117 Å². The van der Waals surface area contributed by atoms with E-state index in [1.807, 2.05) is 0 Å². The first-order valence-corrected chi connectivity index (χ1v) is 11.4. The van der Waals surface area contributed by atoms with Crippen LogP contribution in [0.5, 0.6) is 0 Å². The minimum atomic E-state index is -0.290. The molecule has 4 aromatic rings. The Kier molecular flexibility index (Phi) is 5.21. The molecule has 0 unspecified atom stereocenters. The van der Waals surface area contributed by atoms with Crippen LogP contribution in [0.4, 0.5) is 0 Å². The molecule has 31 heavy (non-hydrogen) atoms. The van der Waals surface area contributed by atoms with Crippen LogP contribution in [0.25, 0.3) is 11.1 Å². The van der Waals surface area contributed by atoms with Crippen LogP contribution in [0, 0.1) is 0 Å². The van der Waals surface area contributed by atoms with Gasteiger partial charge in [-0.15, -0.1) is 0 Å². The van der Waals surface area contributed by atoms with Crippen molar-refractivity contribution in [3.63, 3.8) is 0 Å². The van der Waals surface area contributed by atoms with Crippen molar-refractivity contribution < 1.29 is 0 Å². The maximum Gasteiger partial charge on any atom is 0.0713 e. The van der Waals surface area contributed by atoms with E-state index in [0.717, 1.165) is 19.6 Å². The zero-order valence-electron chi connectivity index (χ0n) is 18.4. The molecule has 0 heterocycles. The van der Waals surface area contributed by atoms with Gasteiger partial charge >= 0.3 is 0 Å². The Hall–Kier alpha value is -3.16.